The molecular weight excluding hydrogens is 272 g/mol. The summed E-state index contributed by atoms with van der Waals surface area (Å²) in [5, 5.41) is 14.4. The lowest BCUT2D eigenvalue weighted by molar-refractivity contribution is -0.120. The lowest BCUT2D eigenvalue weighted by atomic mass is 10.2. The van der Waals surface area contributed by atoms with Gasteiger partial charge in [0.25, 0.3) is 5.91 Å². The van der Waals surface area contributed by atoms with Gasteiger partial charge in [0.05, 0.1) is 23.7 Å². The van der Waals surface area contributed by atoms with Crippen LogP contribution in [0.1, 0.15) is 10.4 Å². The third-order valence-corrected chi connectivity index (χ3v) is 2.56. The highest BCUT2D eigenvalue weighted by Gasteiger charge is 2.12. The minimum Gasteiger partial charge on any atom is -0.508 e. The van der Waals surface area contributed by atoms with Crippen LogP contribution in [0.3, 0.4) is 0 Å². The lowest BCUT2D eigenvalue weighted by Crippen LogP contribution is -2.38. The normalized spacial score (nSPS) is 10.0. The summed E-state index contributed by atoms with van der Waals surface area (Å²) in [6.45, 7) is 0.602. The zero-order chi connectivity index (χ0) is 14.3. The van der Waals surface area contributed by atoms with Gasteiger partial charge in [-0.25, -0.2) is 0 Å². The second kappa shape index (κ2) is 7.60. The van der Waals surface area contributed by atoms with Gasteiger partial charge in [0.2, 0.25) is 5.91 Å². The molecule has 104 valence electrons. The van der Waals surface area contributed by atoms with Crippen molar-refractivity contribution in [3.8, 4) is 5.75 Å². The monoisotopic (exact) mass is 286 g/mol. The highest BCUT2D eigenvalue weighted by atomic mass is 35.5. The molecule has 1 aromatic rings. The Morgan fingerprint density at radius 1 is 1.37 bits per heavy atom. The first kappa shape index (κ1) is 15.3. The molecule has 1 aromatic carbocycles. The number of phenolic OH excluding ortho intramolecular Hbond substituents is 1. The van der Waals surface area contributed by atoms with Gasteiger partial charge in [-0.1, -0.05) is 11.6 Å². The second-order valence-corrected chi connectivity index (χ2v) is 4.10. The number of aromatic hydroxyl groups is 1. The average molecular weight is 287 g/mol. The molecule has 0 aliphatic carbocycles. The highest BCUT2D eigenvalue weighted by molar-refractivity contribution is 6.33. The third kappa shape index (κ3) is 5.15. The van der Waals surface area contributed by atoms with Crippen molar-refractivity contribution in [1.29, 1.82) is 0 Å². The molecule has 0 aliphatic heterocycles. The van der Waals surface area contributed by atoms with E-state index in [1.54, 1.807) is 0 Å². The first-order valence-corrected chi connectivity index (χ1v) is 5.94. The van der Waals surface area contributed by atoms with Crippen molar-refractivity contribution in [2.24, 2.45) is 0 Å². The number of halogens is 1. The maximum atomic E-state index is 11.7. The average Bonchev–Trinajstić information content (AvgIpc) is 2.39. The fraction of sp³-hybridized carbons (Fsp3) is 0.333. The van der Waals surface area contributed by atoms with E-state index in [1.165, 1.54) is 25.3 Å². The van der Waals surface area contributed by atoms with Crippen LogP contribution in [0.25, 0.3) is 0 Å². The van der Waals surface area contributed by atoms with Gasteiger partial charge >= 0.3 is 0 Å². The number of amides is 2. The number of methoxy groups -OCH3 is 1. The maximum absolute atomic E-state index is 11.7. The van der Waals surface area contributed by atoms with Crippen LogP contribution in [0.5, 0.6) is 5.75 Å². The second-order valence-electron chi connectivity index (χ2n) is 3.69. The number of carbonyl (C=O) groups excluding carboxylic acids is 2. The minimum absolute atomic E-state index is 0.0703. The van der Waals surface area contributed by atoms with Gasteiger partial charge in [-0.2, -0.15) is 0 Å². The molecule has 0 radical (unpaired) electrons. The van der Waals surface area contributed by atoms with Crippen LogP contribution in [0.2, 0.25) is 5.02 Å². The number of carbonyl (C=O) groups is 2. The van der Waals surface area contributed by atoms with Crippen molar-refractivity contribution < 1.29 is 19.4 Å². The fourth-order valence-electron chi connectivity index (χ4n) is 1.30. The molecule has 0 saturated carbocycles. The summed E-state index contributed by atoms with van der Waals surface area (Å²) in [4.78, 5) is 23.1. The van der Waals surface area contributed by atoms with Crippen molar-refractivity contribution in [2.75, 3.05) is 26.8 Å². The Kier molecular flexibility index (Phi) is 6.11. The quantitative estimate of drug-likeness (QED) is 0.666. The van der Waals surface area contributed by atoms with Crippen molar-refractivity contribution >= 4 is 23.4 Å². The lowest BCUT2D eigenvalue weighted by Gasteiger charge is -2.08. The Bertz CT molecular complexity index is 465. The first-order chi connectivity index (χ1) is 9.04. The highest BCUT2D eigenvalue weighted by Crippen LogP contribution is 2.20. The van der Waals surface area contributed by atoms with Gasteiger partial charge in [-0.3, -0.25) is 9.59 Å². The molecule has 0 heterocycles. The van der Waals surface area contributed by atoms with Crippen molar-refractivity contribution in [1.82, 2.24) is 10.6 Å². The van der Waals surface area contributed by atoms with E-state index >= 15 is 0 Å². The van der Waals surface area contributed by atoms with E-state index in [-0.39, 0.29) is 28.8 Å². The Hall–Kier alpha value is -1.79. The minimum atomic E-state index is -0.525. The van der Waals surface area contributed by atoms with E-state index in [4.69, 9.17) is 16.3 Å². The molecular formula is C12H15ClN2O4. The predicted molar refractivity (Wildman–Crippen MR) is 70.3 cm³/mol. The molecule has 2 amide bonds. The molecule has 6 nitrogen and oxygen atoms in total. The summed E-state index contributed by atoms with van der Waals surface area (Å²) in [5.41, 5.74) is 0.117. The van der Waals surface area contributed by atoms with Crippen molar-refractivity contribution in [3.05, 3.63) is 28.8 Å². The van der Waals surface area contributed by atoms with Gasteiger partial charge < -0.3 is 20.5 Å². The standard InChI is InChI=1S/C12H15ClN2O4/c1-19-5-4-14-11(17)7-15-12(18)9-6-8(16)2-3-10(9)13/h2-3,6,16H,4-5,7H2,1H3,(H,14,17)(H,15,18). The van der Waals surface area contributed by atoms with Gasteiger partial charge in [0.1, 0.15) is 5.75 Å². The van der Waals surface area contributed by atoms with E-state index in [9.17, 15) is 14.7 Å². The van der Waals surface area contributed by atoms with E-state index < -0.39 is 5.91 Å². The summed E-state index contributed by atoms with van der Waals surface area (Å²) < 4.78 is 4.77. The summed E-state index contributed by atoms with van der Waals surface area (Å²) >= 11 is 5.82. The molecule has 3 N–H and O–H groups in total. The Balaban J connectivity index is 2.47. The molecule has 0 aromatic heterocycles. The molecule has 0 saturated heterocycles. The summed E-state index contributed by atoms with van der Waals surface area (Å²) in [6.07, 6.45) is 0. The Labute approximate surface area is 115 Å². The number of nitrogens with one attached hydrogen (secondary N) is 2. The van der Waals surface area contributed by atoms with Crippen LogP contribution in [-0.2, 0) is 9.53 Å². The number of ether oxygens (including phenoxy) is 1. The van der Waals surface area contributed by atoms with Crippen LogP contribution in [0.4, 0.5) is 0 Å². The van der Waals surface area contributed by atoms with Gasteiger partial charge in [0, 0.05) is 13.7 Å². The van der Waals surface area contributed by atoms with Crippen LogP contribution in [0, 0.1) is 0 Å². The van der Waals surface area contributed by atoms with E-state index in [0.717, 1.165) is 0 Å². The molecule has 1 rings (SSSR count). The van der Waals surface area contributed by atoms with E-state index in [1.807, 2.05) is 0 Å². The topological polar surface area (TPSA) is 87.7 Å². The van der Waals surface area contributed by atoms with Gasteiger partial charge in [-0.15, -0.1) is 0 Å². The molecule has 0 spiro atoms. The number of rotatable bonds is 6. The molecule has 19 heavy (non-hydrogen) atoms. The van der Waals surface area contributed by atoms with Crippen LogP contribution in [-0.4, -0.2) is 43.7 Å². The largest absolute Gasteiger partial charge is 0.508 e. The summed E-state index contributed by atoms with van der Waals surface area (Å²) in [7, 11) is 1.53. The Morgan fingerprint density at radius 3 is 2.79 bits per heavy atom. The molecule has 0 aliphatic rings. The van der Waals surface area contributed by atoms with Gasteiger partial charge in [0.15, 0.2) is 0 Å². The van der Waals surface area contributed by atoms with Crippen LogP contribution in [0.15, 0.2) is 18.2 Å². The first-order valence-electron chi connectivity index (χ1n) is 5.57. The van der Waals surface area contributed by atoms with Crippen LogP contribution >= 0.6 is 11.6 Å². The van der Waals surface area contributed by atoms with Crippen LogP contribution < -0.4 is 10.6 Å². The van der Waals surface area contributed by atoms with Crippen molar-refractivity contribution in [2.45, 2.75) is 0 Å². The molecule has 7 heteroatoms. The van der Waals surface area contributed by atoms with E-state index in [2.05, 4.69) is 10.6 Å². The predicted octanol–water partition coefficient (Wildman–Crippen LogP) is 0.538. The Morgan fingerprint density at radius 2 is 2.11 bits per heavy atom. The maximum Gasteiger partial charge on any atom is 0.253 e. The summed E-state index contributed by atoms with van der Waals surface area (Å²) in [6, 6.07) is 4.02. The zero-order valence-electron chi connectivity index (χ0n) is 10.4. The van der Waals surface area contributed by atoms with Gasteiger partial charge in [-0.05, 0) is 18.2 Å². The van der Waals surface area contributed by atoms with Crippen molar-refractivity contribution in [3.63, 3.8) is 0 Å². The smallest absolute Gasteiger partial charge is 0.253 e. The summed E-state index contributed by atoms with van der Waals surface area (Å²) in [5.74, 6) is -0.927. The zero-order valence-corrected chi connectivity index (χ0v) is 11.2. The number of benzene rings is 1. The number of hydrogen-bond acceptors (Lipinski definition) is 4. The molecule has 0 bridgehead atoms. The SMILES string of the molecule is COCCNC(=O)CNC(=O)c1cc(O)ccc1Cl. The molecule has 0 fully saturated rings. The molecule has 0 atom stereocenters. The number of phenols is 1. The molecule has 0 unspecified atom stereocenters. The van der Waals surface area contributed by atoms with E-state index in [0.29, 0.717) is 13.2 Å². The fourth-order valence-corrected chi connectivity index (χ4v) is 1.50. The third-order valence-electron chi connectivity index (χ3n) is 2.23. The number of hydrogen-bond donors (Lipinski definition) is 3.